The van der Waals surface area contributed by atoms with E-state index in [-0.39, 0.29) is 23.7 Å². The second-order valence-corrected chi connectivity index (χ2v) is 6.69. The summed E-state index contributed by atoms with van der Waals surface area (Å²) in [6, 6.07) is 11.7. The molecule has 9 heteroatoms. The Bertz CT molecular complexity index is 783. The number of nitrogens with one attached hydrogen (secondary N) is 1. The maximum atomic E-state index is 11.3. The lowest BCUT2D eigenvalue weighted by Gasteiger charge is -2.16. The minimum absolute atomic E-state index is 0.0195. The van der Waals surface area contributed by atoms with Crippen molar-refractivity contribution in [2.75, 3.05) is 0 Å². The van der Waals surface area contributed by atoms with Gasteiger partial charge in [0.1, 0.15) is 23.3 Å². The third kappa shape index (κ3) is 15.5. The third-order valence-corrected chi connectivity index (χ3v) is 4.02. The molecular formula is C24H39BN2O6. The van der Waals surface area contributed by atoms with Crippen LogP contribution in [0.15, 0.2) is 48.5 Å². The molecule has 0 aliphatic heterocycles. The van der Waals surface area contributed by atoms with Crippen LogP contribution >= 0.6 is 0 Å². The van der Waals surface area contributed by atoms with Gasteiger partial charge in [-0.3, -0.25) is 9.59 Å². The number of rotatable bonds is 8. The summed E-state index contributed by atoms with van der Waals surface area (Å²) in [6.07, 6.45) is 0.774. The van der Waals surface area contributed by atoms with Crippen LogP contribution in [0.25, 0.3) is 0 Å². The van der Waals surface area contributed by atoms with Crippen molar-refractivity contribution in [2.24, 2.45) is 5.73 Å². The molecule has 0 heterocycles. The number of nitrogens with two attached hydrogens (primary N) is 1. The van der Waals surface area contributed by atoms with Gasteiger partial charge >= 0.3 is 13.0 Å². The van der Waals surface area contributed by atoms with Gasteiger partial charge in [-0.1, -0.05) is 52.0 Å². The molecule has 0 aliphatic rings. The summed E-state index contributed by atoms with van der Waals surface area (Å²) in [7, 11) is -0.717. The maximum absolute atomic E-state index is 11.3. The van der Waals surface area contributed by atoms with E-state index < -0.39 is 25.1 Å². The number of carbonyl (C=O) groups excluding carboxylic acids is 1. The van der Waals surface area contributed by atoms with Gasteiger partial charge in [0.25, 0.3) is 0 Å². The van der Waals surface area contributed by atoms with Crippen LogP contribution in [0.3, 0.4) is 0 Å². The van der Waals surface area contributed by atoms with E-state index in [4.69, 9.17) is 21.1 Å². The molecule has 8 nitrogen and oxygen atoms in total. The summed E-state index contributed by atoms with van der Waals surface area (Å²) in [6.45, 7) is 11.1. The molecular weight excluding hydrogens is 423 g/mol. The van der Waals surface area contributed by atoms with Gasteiger partial charge in [0.05, 0.1) is 6.04 Å². The molecule has 0 aliphatic carbocycles. The van der Waals surface area contributed by atoms with Gasteiger partial charge in [-0.2, -0.15) is 0 Å². The van der Waals surface area contributed by atoms with Gasteiger partial charge < -0.3 is 31.3 Å². The zero-order chi connectivity index (χ0) is 26.0. The number of aliphatic carboxylic acids is 1. The molecule has 7 N–H and O–H groups in total. The standard InChI is InChI=1S/C11H16BNO3.C9H11NO3.2C2H6/c1-8(14)11(13-12(2)16)7-9-3-5-10(15)6-4-9;10-8(9(12)13)5-6-1-3-7(11)4-2-6;2*1-2/h3-6,11,13,15-16H,7H2,1-2H3;1-4,8,11H,5,10H2,(H,12,13);2*1-2H3. The second kappa shape index (κ2) is 18.7. The molecule has 0 aromatic heterocycles. The van der Waals surface area contributed by atoms with E-state index >= 15 is 0 Å². The molecule has 0 saturated carbocycles. The Morgan fingerprint density at radius 1 is 0.879 bits per heavy atom. The Morgan fingerprint density at radius 3 is 1.55 bits per heavy atom. The smallest absolute Gasteiger partial charge is 0.374 e. The molecule has 0 spiro atoms. The monoisotopic (exact) mass is 462 g/mol. The zero-order valence-electron chi connectivity index (χ0n) is 20.4. The predicted molar refractivity (Wildman–Crippen MR) is 133 cm³/mol. The van der Waals surface area contributed by atoms with E-state index in [1.54, 1.807) is 43.2 Å². The first-order valence-corrected chi connectivity index (χ1v) is 11.1. The topological polar surface area (TPSA) is 153 Å². The van der Waals surface area contributed by atoms with Crippen LogP contribution in [0.1, 0.15) is 45.7 Å². The molecule has 184 valence electrons. The SMILES string of the molecule is CB(O)NC(Cc1ccc(O)cc1)C(C)=O.CC.CC.NC(Cc1ccc(O)cc1)C(=O)O. The van der Waals surface area contributed by atoms with Crippen molar-refractivity contribution in [3.63, 3.8) is 0 Å². The van der Waals surface area contributed by atoms with Gasteiger partial charge in [-0.25, -0.2) is 0 Å². The highest BCUT2D eigenvalue weighted by Gasteiger charge is 2.18. The molecule has 2 atom stereocenters. The van der Waals surface area contributed by atoms with Crippen LogP contribution in [-0.4, -0.2) is 51.2 Å². The fraction of sp³-hybridized carbons (Fsp3) is 0.417. The number of phenolic OH excluding ortho intramolecular Hbond substituents is 2. The molecule has 2 aromatic carbocycles. The highest BCUT2D eigenvalue weighted by molar-refractivity contribution is 6.46. The van der Waals surface area contributed by atoms with E-state index in [0.29, 0.717) is 6.42 Å². The molecule has 33 heavy (non-hydrogen) atoms. The number of carboxylic acids is 1. The van der Waals surface area contributed by atoms with E-state index in [9.17, 15) is 14.6 Å². The molecule has 0 saturated heterocycles. The van der Waals surface area contributed by atoms with E-state index in [1.807, 2.05) is 27.7 Å². The first-order chi connectivity index (χ1) is 15.6. The fourth-order valence-corrected chi connectivity index (χ4v) is 2.45. The Kier molecular flexibility index (Phi) is 18.3. The lowest BCUT2D eigenvalue weighted by atomic mass is 9.85. The van der Waals surface area contributed by atoms with Crippen molar-refractivity contribution in [3.8, 4) is 11.5 Å². The number of benzene rings is 2. The molecule has 0 amide bonds. The minimum Gasteiger partial charge on any atom is -0.508 e. The summed E-state index contributed by atoms with van der Waals surface area (Å²) in [5, 5.41) is 38.6. The predicted octanol–water partition coefficient (Wildman–Crippen LogP) is 2.99. The van der Waals surface area contributed by atoms with Crippen LogP contribution in [-0.2, 0) is 22.4 Å². The number of Topliss-reactive ketones (excluding diaryl/α,β-unsaturated/α-hetero) is 1. The van der Waals surface area contributed by atoms with Gasteiger partial charge in [-0.15, -0.1) is 0 Å². The first-order valence-electron chi connectivity index (χ1n) is 11.1. The summed E-state index contributed by atoms with van der Waals surface area (Å²) in [4.78, 5) is 21.7. The summed E-state index contributed by atoms with van der Waals surface area (Å²) in [5.74, 6) is -0.679. The van der Waals surface area contributed by atoms with Gasteiger partial charge in [0.2, 0.25) is 0 Å². The van der Waals surface area contributed by atoms with E-state index in [1.165, 1.54) is 19.1 Å². The number of carboxylic acid groups (broad SMARTS) is 1. The van der Waals surface area contributed by atoms with Crippen LogP contribution in [0.5, 0.6) is 11.5 Å². The Labute approximate surface area is 197 Å². The maximum Gasteiger partial charge on any atom is 0.374 e. The average Bonchev–Trinajstić information content (AvgIpc) is 2.79. The molecule has 0 fully saturated rings. The van der Waals surface area contributed by atoms with Gasteiger partial charge in [0, 0.05) is 0 Å². The normalized spacial score (nSPS) is 11.2. The van der Waals surface area contributed by atoms with Crippen molar-refractivity contribution in [1.82, 2.24) is 5.23 Å². The summed E-state index contributed by atoms with van der Waals surface area (Å²) in [5.41, 5.74) is 7.06. The largest absolute Gasteiger partial charge is 0.508 e. The molecule has 0 radical (unpaired) electrons. The average molecular weight is 462 g/mol. The quantitative estimate of drug-likeness (QED) is 0.328. The van der Waals surface area contributed by atoms with Crippen molar-refractivity contribution in [2.45, 2.75) is 66.4 Å². The Hall–Kier alpha value is -2.88. The van der Waals surface area contributed by atoms with Gasteiger partial charge in [0.15, 0.2) is 0 Å². The molecule has 2 aromatic rings. The number of hydrogen-bond acceptors (Lipinski definition) is 7. The Balaban J connectivity index is 0. The molecule has 2 rings (SSSR count). The zero-order valence-corrected chi connectivity index (χ0v) is 20.4. The Morgan fingerprint density at radius 2 is 1.24 bits per heavy atom. The van der Waals surface area contributed by atoms with E-state index in [0.717, 1.165) is 11.1 Å². The van der Waals surface area contributed by atoms with Crippen molar-refractivity contribution >= 4 is 18.8 Å². The van der Waals surface area contributed by atoms with Crippen LogP contribution in [0.2, 0.25) is 6.82 Å². The summed E-state index contributed by atoms with van der Waals surface area (Å²) < 4.78 is 0. The van der Waals surface area contributed by atoms with Gasteiger partial charge in [-0.05, 0) is 62.0 Å². The lowest BCUT2D eigenvalue weighted by Crippen LogP contribution is -2.45. The second-order valence-electron chi connectivity index (χ2n) is 6.69. The fourth-order valence-electron chi connectivity index (χ4n) is 2.45. The third-order valence-electron chi connectivity index (χ3n) is 4.02. The van der Waals surface area contributed by atoms with Crippen molar-refractivity contribution in [3.05, 3.63) is 59.7 Å². The van der Waals surface area contributed by atoms with Crippen LogP contribution in [0.4, 0.5) is 0 Å². The number of hydrogen-bond donors (Lipinski definition) is 6. The number of aromatic hydroxyl groups is 2. The highest BCUT2D eigenvalue weighted by atomic mass is 16.4. The summed E-state index contributed by atoms with van der Waals surface area (Å²) >= 11 is 0. The number of ketones is 1. The molecule has 0 bridgehead atoms. The minimum atomic E-state index is -1.02. The van der Waals surface area contributed by atoms with E-state index in [2.05, 4.69) is 5.23 Å². The van der Waals surface area contributed by atoms with Crippen molar-refractivity contribution < 1.29 is 29.9 Å². The van der Waals surface area contributed by atoms with Crippen LogP contribution < -0.4 is 11.0 Å². The number of phenols is 2. The lowest BCUT2D eigenvalue weighted by molar-refractivity contribution is -0.138. The molecule has 2 unspecified atom stereocenters. The van der Waals surface area contributed by atoms with Crippen LogP contribution in [0, 0.1) is 0 Å². The van der Waals surface area contributed by atoms with Crippen molar-refractivity contribution in [1.29, 1.82) is 0 Å². The highest BCUT2D eigenvalue weighted by Crippen LogP contribution is 2.12. The first kappa shape index (κ1) is 32.3. The number of carbonyl (C=O) groups is 2.